The summed E-state index contributed by atoms with van der Waals surface area (Å²) in [5, 5.41) is 7.74. The molecule has 12 heteroatoms. The van der Waals surface area contributed by atoms with Gasteiger partial charge in [0.05, 0.1) is 33.0 Å². The number of nitrogens with zero attached hydrogens (tertiary/aromatic N) is 4. The first kappa shape index (κ1) is 29.7. The van der Waals surface area contributed by atoms with Crippen LogP contribution in [0.25, 0.3) is 0 Å². The SMILES string of the molecule is CC.COc1cccc(CNC(=O)c2cc(/C(N)=N/N(C)N)nc(C)n2)c1.NC[C@@H]1COCCO1. The van der Waals surface area contributed by atoms with Crippen molar-refractivity contribution in [2.75, 3.05) is 40.5 Å². The van der Waals surface area contributed by atoms with Gasteiger partial charge in [-0.2, -0.15) is 0 Å². The van der Waals surface area contributed by atoms with Crippen LogP contribution in [0.1, 0.15) is 41.4 Å². The largest absolute Gasteiger partial charge is 0.497 e. The summed E-state index contributed by atoms with van der Waals surface area (Å²) in [4.78, 5) is 20.7. The number of amides is 1. The van der Waals surface area contributed by atoms with Crippen molar-refractivity contribution in [3.63, 3.8) is 0 Å². The zero-order chi connectivity index (χ0) is 26.2. The molecule has 1 saturated heterocycles. The number of hydrazone groups is 1. The number of ether oxygens (including phenoxy) is 3. The van der Waals surface area contributed by atoms with Crippen molar-refractivity contribution in [2.45, 2.75) is 33.4 Å². The van der Waals surface area contributed by atoms with Gasteiger partial charge in [-0.05, 0) is 30.7 Å². The van der Waals surface area contributed by atoms with Crippen molar-refractivity contribution in [1.82, 2.24) is 20.4 Å². The maximum atomic E-state index is 12.4. The molecule has 1 fully saturated rings. The second-order valence-corrected chi connectivity index (χ2v) is 7.08. The van der Waals surface area contributed by atoms with Gasteiger partial charge in [-0.3, -0.25) is 4.79 Å². The Labute approximate surface area is 206 Å². The summed E-state index contributed by atoms with van der Waals surface area (Å²) in [7, 11) is 3.12. The lowest BCUT2D eigenvalue weighted by atomic mass is 10.2. The normalized spacial score (nSPS) is 15.1. The van der Waals surface area contributed by atoms with E-state index in [9.17, 15) is 4.79 Å². The molecule has 3 rings (SSSR count). The van der Waals surface area contributed by atoms with Gasteiger partial charge in [0.15, 0.2) is 5.84 Å². The molecule has 1 aliphatic rings. The van der Waals surface area contributed by atoms with Crippen LogP contribution in [0.2, 0.25) is 0 Å². The fourth-order valence-corrected chi connectivity index (χ4v) is 2.76. The maximum Gasteiger partial charge on any atom is 0.270 e. The number of nitrogens with two attached hydrogens (primary N) is 3. The predicted molar refractivity (Wildman–Crippen MR) is 135 cm³/mol. The second kappa shape index (κ2) is 16.3. The molecule has 0 saturated carbocycles. The van der Waals surface area contributed by atoms with Crippen molar-refractivity contribution in [3.8, 4) is 5.75 Å². The van der Waals surface area contributed by atoms with Crippen molar-refractivity contribution < 1.29 is 19.0 Å². The molecule has 0 spiro atoms. The van der Waals surface area contributed by atoms with Crippen molar-refractivity contribution in [2.24, 2.45) is 22.4 Å². The third-order valence-electron chi connectivity index (χ3n) is 4.33. The Morgan fingerprint density at radius 3 is 2.54 bits per heavy atom. The Hall–Kier alpha value is -3.32. The van der Waals surface area contributed by atoms with Crippen LogP contribution in [-0.2, 0) is 16.0 Å². The highest BCUT2D eigenvalue weighted by Crippen LogP contribution is 2.12. The number of amidine groups is 1. The van der Waals surface area contributed by atoms with Gasteiger partial charge >= 0.3 is 0 Å². The Kier molecular flexibility index (Phi) is 13.9. The van der Waals surface area contributed by atoms with E-state index in [1.807, 2.05) is 38.1 Å². The van der Waals surface area contributed by atoms with E-state index < -0.39 is 0 Å². The Morgan fingerprint density at radius 2 is 1.97 bits per heavy atom. The second-order valence-electron chi connectivity index (χ2n) is 7.08. The average Bonchev–Trinajstić information content (AvgIpc) is 2.88. The number of methoxy groups -OCH3 is 1. The highest BCUT2D eigenvalue weighted by atomic mass is 16.6. The number of hydrogen-bond acceptors (Lipinski definition) is 10. The highest BCUT2D eigenvalue weighted by molar-refractivity contribution is 5.99. The number of aromatic nitrogens is 2. The zero-order valence-corrected chi connectivity index (χ0v) is 21.2. The molecular weight excluding hydrogens is 452 g/mol. The van der Waals surface area contributed by atoms with Gasteiger partial charge < -0.3 is 31.0 Å². The lowest BCUT2D eigenvalue weighted by Crippen LogP contribution is -2.34. The number of carbonyl (C=O) groups is 1. The minimum Gasteiger partial charge on any atom is -0.497 e. The first-order valence-corrected chi connectivity index (χ1v) is 11.3. The molecule has 12 nitrogen and oxygen atoms in total. The van der Waals surface area contributed by atoms with E-state index in [2.05, 4.69) is 20.4 Å². The summed E-state index contributed by atoms with van der Waals surface area (Å²) in [6.07, 6.45) is 0.142. The molecule has 0 unspecified atom stereocenters. The highest BCUT2D eigenvalue weighted by Gasteiger charge is 2.13. The molecule has 1 atom stereocenters. The fraction of sp³-hybridized carbons (Fsp3) is 0.478. The summed E-state index contributed by atoms with van der Waals surface area (Å²) in [5.74, 6) is 6.31. The smallest absolute Gasteiger partial charge is 0.270 e. The van der Waals surface area contributed by atoms with Crippen LogP contribution in [-0.4, -0.2) is 73.5 Å². The van der Waals surface area contributed by atoms with Crippen LogP contribution in [0, 0.1) is 6.92 Å². The molecule has 0 aliphatic carbocycles. The van der Waals surface area contributed by atoms with Crippen molar-refractivity contribution >= 4 is 11.7 Å². The minimum absolute atomic E-state index is 0.0948. The molecule has 35 heavy (non-hydrogen) atoms. The molecule has 194 valence electrons. The van der Waals surface area contributed by atoms with Gasteiger partial charge in [0.1, 0.15) is 23.0 Å². The van der Waals surface area contributed by atoms with Crippen LogP contribution >= 0.6 is 0 Å². The molecule has 1 amide bonds. The summed E-state index contributed by atoms with van der Waals surface area (Å²) in [5.41, 5.74) is 12.6. The van der Waals surface area contributed by atoms with E-state index in [0.717, 1.165) is 23.0 Å². The predicted octanol–water partition coefficient (Wildman–Crippen LogP) is 0.536. The topological polar surface area (TPSA) is 176 Å². The van der Waals surface area contributed by atoms with Gasteiger partial charge in [0.25, 0.3) is 5.91 Å². The van der Waals surface area contributed by atoms with Crippen molar-refractivity contribution in [1.29, 1.82) is 0 Å². The number of hydrogen-bond donors (Lipinski definition) is 4. The van der Waals surface area contributed by atoms with E-state index in [1.54, 1.807) is 14.0 Å². The quantitative estimate of drug-likeness (QED) is 0.185. The van der Waals surface area contributed by atoms with Crippen LogP contribution in [0.3, 0.4) is 0 Å². The molecule has 0 radical (unpaired) electrons. The van der Waals surface area contributed by atoms with Gasteiger partial charge in [-0.25, -0.2) is 20.9 Å². The first-order valence-electron chi connectivity index (χ1n) is 11.3. The Balaban J connectivity index is 0.000000512. The fourth-order valence-electron chi connectivity index (χ4n) is 2.76. The summed E-state index contributed by atoms with van der Waals surface area (Å²) in [6, 6.07) is 8.89. The molecule has 7 N–H and O–H groups in total. The average molecular weight is 491 g/mol. The third-order valence-corrected chi connectivity index (χ3v) is 4.33. The molecule has 2 heterocycles. The summed E-state index contributed by atoms with van der Waals surface area (Å²) < 4.78 is 15.4. The van der Waals surface area contributed by atoms with Crippen LogP contribution in [0.5, 0.6) is 5.75 Å². The summed E-state index contributed by atoms with van der Waals surface area (Å²) in [6.45, 7) is 8.65. The van der Waals surface area contributed by atoms with E-state index in [0.29, 0.717) is 37.8 Å². The molecule has 1 aliphatic heterocycles. The van der Waals surface area contributed by atoms with Gasteiger partial charge in [-0.15, -0.1) is 5.10 Å². The number of rotatable bonds is 7. The molecule has 1 aromatic carbocycles. The maximum absolute atomic E-state index is 12.4. The van der Waals surface area contributed by atoms with Gasteiger partial charge in [0.2, 0.25) is 0 Å². The monoisotopic (exact) mass is 490 g/mol. The van der Waals surface area contributed by atoms with Crippen LogP contribution in [0.4, 0.5) is 0 Å². The van der Waals surface area contributed by atoms with Gasteiger partial charge in [0, 0.05) is 20.1 Å². The van der Waals surface area contributed by atoms with E-state index in [1.165, 1.54) is 13.1 Å². The number of aryl methyl sites for hydroxylation is 1. The standard InChI is InChI=1S/C16H21N7O2.C5H11NO2.C2H6/c1-10-20-13(15(17)22-23(2)18)8-14(21-10)16(24)19-9-11-5-4-6-12(7-11)25-3;6-3-5-4-7-1-2-8-5;1-2/h4-8H,9,18H2,1-3H3,(H2,17,22)(H,19,24);5H,1-4,6H2;1-2H3/t;5-;/m.1./s1. The van der Waals surface area contributed by atoms with Crippen LogP contribution < -0.4 is 27.4 Å². The van der Waals surface area contributed by atoms with Crippen molar-refractivity contribution in [3.05, 3.63) is 53.1 Å². The Bertz CT molecular complexity index is 933. The number of carbonyl (C=O) groups excluding carboxylic acids is 1. The Morgan fingerprint density at radius 1 is 1.26 bits per heavy atom. The van der Waals surface area contributed by atoms with E-state index in [-0.39, 0.29) is 23.5 Å². The van der Waals surface area contributed by atoms with E-state index in [4.69, 9.17) is 31.5 Å². The molecule has 0 bridgehead atoms. The van der Waals surface area contributed by atoms with E-state index >= 15 is 0 Å². The first-order chi connectivity index (χ1) is 16.8. The molecule has 2 aromatic rings. The number of hydrazine groups is 1. The number of nitrogens with one attached hydrogen (secondary N) is 1. The molecular formula is C23H38N8O4. The van der Waals surface area contributed by atoms with Crippen LogP contribution in [0.15, 0.2) is 35.4 Å². The zero-order valence-electron chi connectivity index (χ0n) is 21.2. The third kappa shape index (κ3) is 11.1. The minimum atomic E-state index is -0.344. The van der Waals surface area contributed by atoms with Gasteiger partial charge in [-0.1, -0.05) is 26.0 Å². The lowest BCUT2D eigenvalue weighted by Gasteiger charge is -2.20. The summed E-state index contributed by atoms with van der Waals surface area (Å²) >= 11 is 0. The number of benzene rings is 1. The lowest BCUT2D eigenvalue weighted by molar-refractivity contribution is -0.0834. The molecule has 1 aromatic heterocycles.